The molecule has 0 bridgehead atoms. The van der Waals surface area contributed by atoms with Crippen LogP contribution in [0.2, 0.25) is 0 Å². The maximum atomic E-state index is 10.8. The molecule has 5 rings (SSSR count). The maximum Gasteiger partial charge on any atom is 0.192 e. The number of fused-ring (bicyclic) bond motifs is 2. The minimum absolute atomic E-state index is 0.106. The Bertz CT molecular complexity index is 1320. The van der Waals surface area contributed by atoms with E-state index in [0.717, 1.165) is 36.2 Å². The van der Waals surface area contributed by atoms with E-state index < -0.39 is 0 Å². The maximum absolute atomic E-state index is 10.8. The molecule has 166 valence electrons. The van der Waals surface area contributed by atoms with Gasteiger partial charge in [-0.15, -0.1) is 0 Å². The minimum atomic E-state index is 0.106. The highest BCUT2D eigenvalue weighted by atomic mass is 16.3. The number of nitrogens with zero attached hydrogens (tertiary/aromatic N) is 4. The summed E-state index contributed by atoms with van der Waals surface area (Å²) in [5.74, 6) is 1.73. The van der Waals surface area contributed by atoms with Gasteiger partial charge in [0.05, 0.1) is 17.4 Å². The molecule has 0 radical (unpaired) electrons. The second-order valence-corrected chi connectivity index (χ2v) is 9.74. The third-order valence-corrected chi connectivity index (χ3v) is 5.99. The highest BCUT2D eigenvalue weighted by Gasteiger charge is 2.26. The number of aromatic nitrogens is 3. The third-order valence-electron chi connectivity index (χ3n) is 5.99. The van der Waals surface area contributed by atoms with Crippen LogP contribution < -0.4 is 10.2 Å². The monoisotopic (exact) mass is 431 g/mol. The molecule has 0 aliphatic carbocycles. The zero-order valence-electron chi connectivity index (χ0n) is 19.2. The summed E-state index contributed by atoms with van der Waals surface area (Å²) < 4.78 is 5.69. The van der Waals surface area contributed by atoms with Crippen LogP contribution in [0, 0.1) is 13.8 Å². The van der Waals surface area contributed by atoms with Crippen LogP contribution in [0.25, 0.3) is 33.3 Å². The van der Waals surface area contributed by atoms with Crippen molar-refractivity contribution in [3.05, 3.63) is 41.9 Å². The Morgan fingerprint density at radius 3 is 2.75 bits per heavy atom. The minimum Gasteiger partial charge on any atom is -0.507 e. The number of hydrogen-bond donors (Lipinski definition) is 2. The lowest BCUT2D eigenvalue weighted by molar-refractivity contribution is 0.373. The molecule has 1 fully saturated rings. The molecule has 4 aromatic rings. The summed E-state index contributed by atoms with van der Waals surface area (Å²) in [6, 6.07) is 8.34. The first-order chi connectivity index (χ1) is 15.2. The van der Waals surface area contributed by atoms with Gasteiger partial charge in [0.2, 0.25) is 0 Å². The fourth-order valence-corrected chi connectivity index (χ4v) is 4.55. The lowest BCUT2D eigenvalue weighted by Gasteiger charge is -2.26. The zero-order chi connectivity index (χ0) is 22.6. The SMILES string of the molecule is Cc1nc2c(C)c(O)c(-c3ccc4cc(N5CCC(NC(C)(C)C)C5)ncc4n3)cc2o1. The number of nitrogens with one attached hydrogen (secondary N) is 1. The van der Waals surface area contributed by atoms with Crippen LogP contribution in [0.5, 0.6) is 5.75 Å². The standard InChI is InChI=1S/C25H29N5O2/c1-14-23-21(32-15(2)27-23)11-18(24(14)31)19-7-6-16-10-22(26-12-20(16)28-19)30-9-8-17(13-30)29-25(3,4)5/h6-7,10-12,17,29,31H,8-9,13H2,1-5H3. The summed E-state index contributed by atoms with van der Waals surface area (Å²) in [7, 11) is 0. The Kier molecular flexibility index (Phi) is 4.82. The van der Waals surface area contributed by atoms with Crippen molar-refractivity contribution in [3.8, 4) is 17.0 Å². The Hall–Kier alpha value is -3.19. The van der Waals surface area contributed by atoms with E-state index in [-0.39, 0.29) is 11.3 Å². The van der Waals surface area contributed by atoms with Crippen molar-refractivity contribution in [2.45, 2.75) is 52.6 Å². The largest absolute Gasteiger partial charge is 0.507 e. The first kappa shape index (κ1) is 20.7. The van der Waals surface area contributed by atoms with Crippen LogP contribution in [0.15, 0.2) is 34.9 Å². The average molecular weight is 432 g/mol. The Balaban J connectivity index is 1.45. The molecule has 4 heterocycles. The molecule has 7 nitrogen and oxygen atoms in total. The van der Waals surface area contributed by atoms with E-state index >= 15 is 0 Å². The Morgan fingerprint density at radius 1 is 1.16 bits per heavy atom. The van der Waals surface area contributed by atoms with Gasteiger partial charge in [0.25, 0.3) is 0 Å². The number of aryl methyl sites for hydroxylation is 2. The van der Waals surface area contributed by atoms with Crippen LogP contribution in [-0.4, -0.2) is 44.7 Å². The van der Waals surface area contributed by atoms with Crippen LogP contribution in [0.3, 0.4) is 0 Å². The number of aromatic hydroxyl groups is 1. The molecule has 1 atom stereocenters. The fraction of sp³-hybridized carbons (Fsp3) is 0.400. The topological polar surface area (TPSA) is 87.3 Å². The number of phenols is 1. The summed E-state index contributed by atoms with van der Waals surface area (Å²) >= 11 is 0. The number of pyridine rings is 2. The number of anilines is 1. The van der Waals surface area contributed by atoms with Crippen molar-refractivity contribution in [3.63, 3.8) is 0 Å². The molecule has 1 unspecified atom stereocenters. The van der Waals surface area contributed by atoms with Crippen molar-refractivity contribution in [1.29, 1.82) is 0 Å². The van der Waals surface area contributed by atoms with E-state index in [0.29, 0.717) is 39.9 Å². The fourth-order valence-electron chi connectivity index (χ4n) is 4.55. The Labute approximate surface area is 187 Å². The lowest BCUT2D eigenvalue weighted by Crippen LogP contribution is -2.44. The molecule has 1 aromatic carbocycles. The molecular weight excluding hydrogens is 402 g/mol. The van der Waals surface area contributed by atoms with E-state index in [9.17, 15) is 5.11 Å². The van der Waals surface area contributed by atoms with Gasteiger partial charge in [-0.05, 0) is 52.3 Å². The van der Waals surface area contributed by atoms with Crippen LogP contribution in [-0.2, 0) is 0 Å². The van der Waals surface area contributed by atoms with Gasteiger partial charge in [-0.1, -0.05) is 6.07 Å². The van der Waals surface area contributed by atoms with Crippen molar-refractivity contribution in [1.82, 2.24) is 20.3 Å². The predicted octanol–water partition coefficient (Wildman–Crippen LogP) is 4.73. The molecular formula is C25H29N5O2. The van der Waals surface area contributed by atoms with E-state index in [2.05, 4.69) is 42.0 Å². The van der Waals surface area contributed by atoms with E-state index in [1.54, 1.807) is 13.0 Å². The quantitative estimate of drug-likeness (QED) is 0.485. The zero-order valence-corrected chi connectivity index (χ0v) is 19.2. The summed E-state index contributed by atoms with van der Waals surface area (Å²) in [5.41, 5.74) is 4.23. The lowest BCUT2D eigenvalue weighted by atomic mass is 10.0. The van der Waals surface area contributed by atoms with Gasteiger partial charge in [-0.25, -0.2) is 15.0 Å². The number of phenolic OH excluding ortho intramolecular Hbond substituents is 1. The van der Waals surface area contributed by atoms with E-state index in [4.69, 9.17) is 14.4 Å². The smallest absolute Gasteiger partial charge is 0.192 e. The van der Waals surface area contributed by atoms with Gasteiger partial charge in [0.1, 0.15) is 17.1 Å². The second kappa shape index (κ2) is 7.45. The number of hydrogen-bond acceptors (Lipinski definition) is 7. The number of benzene rings is 1. The molecule has 0 amide bonds. The molecule has 3 aromatic heterocycles. The van der Waals surface area contributed by atoms with Gasteiger partial charge in [0.15, 0.2) is 11.5 Å². The van der Waals surface area contributed by atoms with E-state index in [1.807, 2.05) is 25.3 Å². The van der Waals surface area contributed by atoms with Gasteiger partial charge in [-0.3, -0.25) is 0 Å². The Morgan fingerprint density at radius 2 is 1.97 bits per heavy atom. The van der Waals surface area contributed by atoms with Gasteiger partial charge in [0, 0.05) is 48.1 Å². The molecule has 1 aliphatic rings. The first-order valence-corrected chi connectivity index (χ1v) is 11.1. The molecule has 32 heavy (non-hydrogen) atoms. The number of rotatable bonds is 3. The molecule has 0 spiro atoms. The normalized spacial score (nSPS) is 17.0. The summed E-state index contributed by atoms with van der Waals surface area (Å²) in [5, 5.41) is 15.5. The molecule has 1 saturated heterocycles. The van der Waals surface area contributed by atoms with Gasteiger partial charge >= 0.3 is 0 Å². The van der Waals surface area contributed by atoms with Gasteiger partial charge < -0.3 is 19.7 Å². The summed E-state index contributed by atoms with van der Waals surface area (Å²) in [4.78, 5) is 16.2. The molecule has 0 saturated carbocycles. The molecule has 7 heteroatoms. The second-order valence-electron chi connectivity index (χ2n) is 9.74. The highest BCUT2D eigenvalue weighted by Crippen LogP contribution is 2.37. The average Bonchev–Trinajstić information content (AvgIpc) is 3.34. The first-order valence-electron chi connectivity index (χ1n) is 11.1. The van der Waals surface area contributed by atoms with Crippen LogP contribution in [0.4, 0.5) is 5.82 Å². The van der Waals surface area contributed by atoms with E-state index in [1.165, 1.54) is 0 Å². The van der Waals surface area contributed by atoms with Crippen LogP contribution in [0.1, 0.15) is 38.6 Å². The van der Waals surface area contributed by atoms with Gasteiger partial charge in [-0.2, -0.15) is 0 Å². The van der Waals surface area contributed by atoms with Crippen molar-refractivity contribution < 1.29 is 9.52 Å². The highest BCUT2D eigenvalue weighted by molar-refractivity contribution is 5.89. The number of oxazole rings is 1. The van der Waals surface area contributed by atoms with Crippen molar-refractivity contribution >= 4 is 27.8 Å². The summed E-state index contributed by atoms with van der Waals surface area (Å²) in [6.07, 6.45) is 2.93. The third kappa shape index (κ3) is 3.77. The predicted molar refractivity (Wildman–Crippen MR) is 127 cm³/mol. The van der Waals surface area contributed by atoms with Crippen molar-refractivity contribution in [2.75, 3.05) is 18.0 Å². The molecule has 1 aliphatic heterocycles. The van der Waals surface area contributed by atoms with Crippen LogP contribution >= 0.6 is 0 Å². The summed E-state index contributed by atoms with van der Waals surface area (Å²) in [6.45, 7) is 12.2. The molecule has 2 N–H and O–H groups in total. The van der Waals surface area contributed by atoms with Crippen molar-refractivity contribution in [2.24, 2.45) is 0 Å².